The highest BCUT2D eigenvalue weighted by Crippen LogP contribution is 2.18. The van der Waals surface area contributed by atoms with Gasteiger partial charge in [0.1, 0.15) is 0 Å². The Morgan fingerprint density at radius 2 is 1.70 bits per heavy atom. The zero-order chi connectivity index (χ0) is 20.0. The summed E-state index contributed by atoms with van der Waals surface area (Å²) in [6.45, 7) is 1.47. The second-order valence-corrected chi connectivity index (χ2v) is 6.02. The molecule has 0 heterocycles. The number of carbonyl (C=O) groups excluding carboxylic acids is 3. The summed E-state index contributed by atoms with van der Waals surface area (Å²) >= 11 is 5.16. The number of anilines is 2. The van der Waals surface area contributed by atoms with Crippen molar-refractivity contribution in [1.29, 1.82) is 0 Å². The van der Waals surface area contributed by atoms with Crippen molar-refractivity contribution in [3.8, 4) is 0 Å². The van der Waals surface area contributed by atoms with Crippen molar-refractivity contribution in [2.24, 2.45) is 0 Å². The van der Waals surface area contributed by atoms with E-state index in [9.17, 15) is 14.4 Å². The van der Waals surface area contributed by atoms with E-state index in [0.29, 0.717) is 11.4 Å². The Labute approximate surface area is 162 Å². The van der Waals surface area contributed by atoms with E-state index in [4.69, 9.17) is 12.2 Å². The number of esters is 1. The third-order valence-corrected chi connectivity index (χ3v) is 3.94. The average Bonchev–Trinajstić information content (AvgIpc) is 2.66. The smallest absolute Gasteiger partial charge is 0.337 e. The van der Waals surface area contributed by atoms with Crippen molar-refractivity contribution in [3.63, 3.8) is 0 Å². The second-order valence-electron chi connectivity index (χ2n) is 5.61. The number of ether oxygens (including phenoxy) is 1. The fraction of sp³-hybridized carbons (Fsp3) is 0.158. The normalized spacial score (nSPS) is 9.89. The maximum atomic E-state index is 12.3. The van der Waals surface area contributed by atoms with Gasteiger partial charge >= 0.3 is 5.97 Å². The molecule has 7 nitrogen and oxygen atoms in total. The van der Waals surface area contributed by atoms with Crippen LogP contribution >= 0.6 is 12.2 Å². The number of carbonyl (C=O) groups is 3. The average molecular weight is 385 g/mol. The molecule has 0 bridgehead atoms. The largest absolute Gasteiger partial charge is 0.465 e. The molecule has 0 aliphatic rings. The first-order valence-corrected chi connectivity index (χ1v) is 8.37. The number of amides is 2. The molecule has 0 saturated heterocycles. The molecule has 0 atom stereocenters. The molecule has 0 radical (unpaired) electrons. The van der Waals surface area contributed by atoms with Crippen LogP contribution in [0.4, 0.5) is 11.4 Å². The molecule has 0 aliphatic heterocycles. The van der Waals surface area contributed by atoms with Gasteiger partial charge in [0.2, 0.25) is 5.91 Å². The molecule has 2 aromatic carbocycles. The van der Waals surface area contributed by atoms with Crippen molar-refractivity contribution in [3.05, 3.63) is 59.7 Å². The van der Waals surface area contributed by atoms with Crippen molar-refractivity contribution < 1.29 is 19.1 Å². The Morgan fingerprint density at radius 3 is 2.37 bits per heavy atom. The summed E-state index contributed by atoms with van der Waals surface area (Å²) in [5, 5.41) is 5.53. The summed E-state index contributed by atoms with van der Waals surface area (Å²) in [6, 6.07) is 13.2. The van der Waals surface area contributed by atoms with E-state index in [1.807, 2.05) is 0 Å². The van der Waals surface area contributed by atoms with Crippen LogP contribution in [0.3, 0.4) is 0 Å². The Morgan fingerprint density at radius 1 is 1.04 bits per heavy atom. The van der Waals surface area contributed by atoms with Gasteiger partial charge in [0.05, 0.1) is 12.7 Å². The van der Waals surface area contributed by atoms with Crippen molar-refractivity contribution in [2.75, 3.05) is 24.4 Å². The van der Waals surface area contributed by atoms with Crippen LogP contribution in [0.15, 0.2) is 48.5 Å². The van der Waals surface area contributed by atoms with Crippen molar-refractivity contribution >= 4 is 46.5 Å². The molecule has 8 heteroatoms. The molecular formula is C19H19N3O4S. The van der Waals surface area contributed by atoms with Crippen LogP contribution in [-0.2, 0) is 9.53 Å². The van der Waals surface area contributed by atoms with E-state index in [1.54, 1.807) is 49.5 Å². The third-order valence-electron chi connectivity index (χ3n) is 3.74. The molecule has 2 rings (SSSR count). The Hall–Kier alpha value is -3.26. The Kier molecular flexibility index (Phi) is 6.62. The van der Waals surface area contributed by atoms with Crippen LogP contribution in [-0.4, -0.2) is 37.1 Å². The summed E-state index contributed by atoms with van der Waals surface area (Å²) in [7, 11) is 2.93. The molecule has 0 saturated carbocycles. The summed E-state index contributed by atoms with van der Waals surface area (Å²) in [4.78, 5) is 36.9. The van der Waals surface area contributed by atoms with Crippen LogP contribution in [0.2, 0.25) is 0 Å². The molecule has 2 N–H and O–H groups in total. The van der Waals surface area contributed by atoms with Crippen LogP contribution in [0.25, 0.3) is 0 Å². The van der Waals surface area contributed by atoms with E-state index >= 15 is 0 Å². The van der Waals surface area contributed by atoms with E-state index in [1.165, 1.54) is 25.0 Å². The van der Waals surface area contributed by atoms with Crippen LogP contribution in [0.1, 0.15) is 27.6 Å². The number of nitrogens with zero attached hydrogens (tertiary/aromatic N) is 1. The van der Waals surface area contributed by atoms with Gasteiger partial charge < -0.3 is 15.0 Å². The number of thiocarbonyl (C=S) groups is 1. The third kappa shape index (κ3) is 5.35. The van der Waals surface area contributed by atoms with E-state index in [2.05, 4.69) is 15.4 Å². The van der Waals surface area contributed by atoms with Crippen molar-refractivity contribution in [1.82, 2.24) is 5.32 Å². The first-order chi connectivity index (χ1) is 12.8. The highest BCUT2D eigenvalue weighted by Gasteiger charge is 2.12. The summed E-state index contributed by atoms with van der Waals surface area (Å²) in [5.74, 6) is -1.10. The van der Waals surface area contributed by atoms with Crippen LogP contribution in [0, 0.1) is 0 Å². The summed E-state index contributed by atoms with van der Waals surface area (Å²) < 4.78 is 4.64. The van der Waals surface area contributed by atoms with Gasteiger partial charge in [0, 0.05) is 30.9 Å². The molecule has 2 amide bonds. The van der Waals surface area contributed by atoms with Crippen LogP contribution in [0.5, 0.6) is 0 Å². The van der Waals surface area contributed by atoms with Gasteiger partial charge in [-0.05, 0) is 48.6 Å². The minimum absolute atomic E-state index is 0.0890. The molecule has 0 aliphatic carbocycles. The summed E-state index contributed by atoms with van der Waals surface area (Å²) in [5.41, 5.74) is 1.85. The van der Waals surface area contributed by atoms with Gasteiger partial charge in [-0.15, -0.1) is 0 Å². The lowest BCUT2D eigenvalue weighted by atomic mass is 10.1. The molecule has 0 aromatic heterocycles. The first kappa shape index (κ1) is 20.1. The van der Waals surface area contributed by atoms with Gasteiger partial charge in [-0.1, -0.05) is 12.1 Å². The number of rotatable bonds is 4. The van der Waals surface area contributed by atoms with Crippen LogP contribution < -0.4 is 15.5 Å². The maximum Gasteiger partial charge on any atom is 0.337 e. The lowest BCUT2D eigenvalue weighted by molar-refractivity contribution is -0.116. The molecule has 0 fully saturated rings. The topological polar surface area (TPSA) is 87.7 Å². The molecule has 27 heavy (non-hydrogen) atoms. The number of nitrogens with one attached hydrogen (secondary N) is 2. The molecule has 2 aromatic rings. The highest BCUT2D eigenvalue weighted by atomic mass is 32.1. The van der Waals surface area contributed by atoms with E-state index in [-0.39, 0.29) is 22.1 Å². The Bertz CT molecular complexity index is 898. The quantitative estimate of drug-likeness (QED) is 0.621. The van der Waals surface area contributed by atoms with Gasteiger partial charge in [-0.2, -0.15) is 0 Å². The molecule has 140 valence electrons. The first-order valence-electron chi connectivity index (χ1n) is 7.97. The fourth-order valence-electron chi connectivity index (χ4n) is 2.22. The van der Waals surface area contributed by atoms with E-state index in [0.717, 1.165) is 0 Å². The number of hydrogen-bond donors (Lipinski definition) is 2. The van der Waals surface area contributed by atoms with E-state index < -0.39 is 11.9 Å². The number of benzene rings is 2. The van der Waals surface area contributed by atoms with Gasteiger partial charge in [-0.3, -0.25) is 14.9 Å². The predicted molar refractivity (Wildman–Crippen MR) is 107 cm³/mol. The van der Waals surface area contributed by atoms with Gasteiger partial charge in [0.15, 0.2) is 5.11 Å². The minimum Gasteiger partial charge on any atom is -0.465 e. The highest BCUT2D eigenvalue weighted by molar-refractivity contribution is 7.80. The van der Waals surface area contributed by atoms with Crippen molar-refractivity contribution in [2.45, 2.75) is 6.92 Å². The zero-order valence-corrected chi connectivity index (χ0v) is 15.9. The molecular weight excluding hydrogens is 366 g/mol. The zero-order valence-electron chi connectivity index (χ0n) is 15.1. The maximum absolute atomic E-state index is 12.3. The number of hydrogen-bond acceptors (Lipinski definition) is 5. The predicted octanol–water partition coefficient (Wildman–Crippen LogP) is 2.58. The van der Waals surface area contributed by atoms with Gasteiger partial charge in [-0.25, -0.2) is 4.79 Å². The Balaban J connectivity index is 2.06. The number of methoxy groups -OCH3 is 1. The standard InChI is InChI=1S/C19H19N3O4S/c1-12(23)22(2)16-9-5-8-15(11-16)20-19(27)21-17(24)13-6-4-7-14(10-13)18(25)26-3/h4-11H,1-3H3,(H2,20,21,24,27). The lowest BCUT2D eigenvalue weighted by Crippen LogP contribution is -2.34. The minimum atomic E-state index is -0.531. The molecule has 0 unspecified atom stereocenters. The fourth-order valence-corrected chi connectivity index (χ4v) is 2.43. The lowest BCUT2D eigenvalue weighted by Gasteiger charge is -2.16. The monoisotopic (exact) mass is 385 g/mol. The summed E-state index contributed by atoms with van der Waals surface area (Å²) in [6.07, 6.45) is 0. The second kappa shape index (κ2) is 8.91. The van der Waals surface area contributed by atoms with Gasteiger partial charge in [0.25, 0.3) is 5.91 Å². The SMILES string of the molecule is COC(=O)c1cccc(C(=O)NC(=S)Nc2cccc(N(C)C(C)=O)c2)c1. The molecule has 0 spiro atoms.